The molecule has 5 rings (SSSR count). The maximum atomic E-state index is 13.4. The van der Waals surface area contributed by atoms with Crippen molar-refractivity contribution in [2.45, 2.75) is 45.8 Å². The minimum atomic E-state index is -0.0945. The van der Waals surface area contributed by atoms with Crippen LogP contribution in [0.25, 0.3) is 27.8 Å². The number of hydrogen-bond donors (Lipinski definition) is 0. The molecule has 0 spiro atoms. The van der Waals surface area contributed by atoms with Crippen molar-refractivity contribution in [3.63, 3.8) is 0 Å². The standard InChI is InChI=1S/C24H27N5O2/c1-15-8-7-11-19(16(15)2)28-13-12-20-22(24(28)30)25-26-23-21(17-9-5-4-6-10-17)18(14-31-3)27-29(20)23/h4-6,9-10,12-13,15-16,19H,7-8,11,14H2,1-3H3/t15-,16-,19-/m1/s1. The van der Waals surface area contributed by atoms with Gasteiger partial charge in [0.15, 0.2) is 11.2 Å². The molecule has 7 nitrogen and oxygen atoms in total. The van der Waals surface area contributed by atoms with Gasteiger partial charge in [-0.1, -0.05) is 57.0 Å². The van der Waals surface area contributed by atoms with Crippen molar-refractivity contribution in [2.24, 2.45) is 11.8 Å². The Hall–Kier alpha value is -3.06. The number of nitrogens with zero attached hydrogens (tertiary/aromatic N) is 5. The van der Waals surface area contributed by atoms with E-state index >= 15 is 0 Å². The van der Waals surface area contributed by atoms with E-state index in [-0.39, 0.29) is 11.6 Å². The normalized spacial score (nSPS) is 21.7. The van der Waals surface area contributed by atoms with Crippen LogP contribution in [0, 0.1) is 11.8 Å². The van der Waals surface area contributed by atoms with Crippen molar-refractivity contribution in [2.75, 3.05) is 7.11 Å². The Morgan fingerprint density at radius 1 is 1.10 bits per heavy atom. The van der Waals surface area contributed by atoms with Gasteiger partial charge in [0, 0.05) is 19.3 Å². The van der Waals surface area contributed by atoms with E-state index in [9.17, 15) is 4.79 Å². The minimum Gasteiger partial charge on any atom is -0.378 e. The average Bonchev–Trinajstić information content (AvgIpc) is 3.15. The van der Waals surface area contributed by atoms with Crippen LogP contribution in [-0.2, 0) is 11.3 Å². The van der Waals surface area contributed by atoms with E-state index < -0.39 is 0 Å². The summed E-state index contributed by atoms with van der Waals surface area (Å²) in [6.07, 6.45) is 5.29. The Bertz CT molecular complexity index is 1290. The molecule has 1 fully saturated rings. The Morgan fingerprint density at radius 2 is 1.90 bits per heavy atom. The number of aromatic nitrogens is 5. The van der Waals surface area contributed by atoms with Crippen LogP contribution in [0.15, 0.2) is 47.4 Å². The van der Waals surface area contributed by atoms with Crippen LogP contribution in [0.2, 0.25) is 0 Å². The third kappa shape index (κ3) is 3.24. The van der Waals surface area contributed by atoms with E-state index in [2.05, 4.69) is 24.0 Å². The maximum absolute atomic E-state index is 13.4. The van der Waals surface area contributed by atoms with Gasteiger partial charge in [0.25, 0.3) is 5.56 Å². The zero-order valence-electron chi connectivity index (χ0n) is 18.2. The molecule has 0 bridgehead atoms. The van der Waals surface area contributed by atoms with Gasteiger partial charge in [0.1, 0.15) is 5.52 Å². The second-order valence-corrected chi connectivity index (χ2v) is 8.65. The summed E-state index contributed by atoms with van der Waals surface area (Å²) in [5, 5.41) is 13.6. The van der Waals surface area contributed by atoms with Gasteiger partial charge in [-0.15, -0.1) is 10.2 Å². The lowest BCUT2D eigenvalue weighted by atomic mass is 9.78. The van der Waals surface area contributed by atoms with Gasteiger partial charge in [0.2, 0.25) is 0 Å². The minimum absolute atomic E-state index is 0.0945. The highest BCUT2D eigenvalue weighted by Crippen LogP contribution is 2.37. The van der Waals surface area contributed by atoms with Gasteiger partial charge in [-0.3, -0.25) is 4.79 Å². The quantitative estimate of drug-likeness (QED) is 0.496. The summed E-state index contributed by atoms with van der Waals surface area (Å²) >= 11 is 0. The first-order valence-corrected chi connectivity index (χ1v) is 10.9. The molecule has 1 aliphatic carbocycles. The molecule has 160 valence electrons. The van der Waals surface area contributed by atoms with Gasteiger partial charge >= 0.3 is 0 Å². The molecule has 3 atom stereocenters. The number of pyridine rings is 1. The molecule has 4 aromatic rings. The predicted molar refractivity (Wildman–Crippen MR) is 120 cm³/mol. The highest BCUT2D eigenvalue weighted by Gasteiger charge is 2.29. The number of benzene rings is 1. The van der Waals surface area contributed by atoms with Crippen molar-refractivity contribution >= 4 is 16.7 Å². The van der Waals surface area contributed by atoms with Crippen LogP contribution in [0.1, 0.15) is 44.8 Å². The number of ether oxygens (including phenoxy) is 1. The summed E-state index contributed by atoms with van der Waals surface area (Å²) in [4.78, 5) is 13.4. The van der Waals surface area contributed by atoms with Gasteiger partial charge in [0.05, 0.1) is 17.9 Å². The van der Waals surface area contributed by atoms with Crippen LogP contribution in [-0.4, -0.2) is 31.5 Å². The van der Waals surface area contributed by atoms with E-state index in [1.807, 2.05) is 47.2 Å². The summed E-state index contributed by atoms with van der Waals surface area (Å²) < 4.78 is 8.98. The summed E-state index contributed by atoms with van der Waals surface area (Å²) in [6, 6.07) is 12.1. The Morgan fingerprint density at radius 3 is 2.68 bits per heavy atom. The molecule has 3 heterocycles. The first-order chi connectivity index (χ1) is 15.1. The molecular weight excluding hydrogens is 390 g/mol. The monoisotopic (exact) mass is 417 g/mol. The van der Waals surface area contributed by atoms with Gasteiger partial charge in [-0.2, -0.15) is 5.10 Å². The molecular formula is C24H27N5O2. The fourth-order valence-corrected chi connectivity index (χ4v) is 4.95. The van der Waals surface area contributed by atoms with Crippen molar-refractivity contribution in [1.29, 1.82) is 0 Å². The molecule has 1 aromatic carbocycles. The Kier molecular flexibility index (Phi) is 5.06. The van der Waals surface area contributed by atoms with E-state index in [1.54, 1.807) is 11.6 Å². The Balaban J connectivity index is 1.71. The molecule has 0 aliphatic heterocycles. The average molecular weight is 418 g/mol. The SMILES string of the molecule is COCc1nn2c(nnc3c(=O)n([C@@H]4CCC[C@@H](C)[C@H]4C)ccc32)c1-c1ccccc1. The van der Waals surface area contributed by atoms with Crippen LogP contribution in [0.4, 0.5) is 0 Å². The third-order valence-electron chi connectivity index (χ3n) is 6.84. The van der Waals surface area contributed by atoms with E-state index in [0.717, 1.165) is 29.7 Å². The van der Waals surface area contributed by atoms with Crippen LogP contribution in [0.5, 0.6) is 0 Å². The molecule has 31 heavy (non-hydrogen) atoms. The summed E-state index contributed by atoms with van der Waals surface area (Å²) in [6.45, 7) is 4.87. The van der Waals surface area contributed by atoms with E-state index in [0.29, 0.717) is 35.1 Å². The first kappa shape index (κ1) is 19.9. The molecule has 3 aromatic heterocycles. The van der Waals surface area contributed by atoms with Crippen molar-refractivity contribution < 1.29 is 4.74 Å². The highest BCUT2D eigenvalue weighted by molar-refractivity contribution is 5.84. The molecule has 0 amide bonds. The first-order valence-electron chi connectivity index (χ1n) is 10.9. The topological polar surface area (TPSA) is 74.3 Å². The third-order valence-corrected chi connectivity index (χ3v) is 6.84. The lowest BCUT2D eigenvalue weighted by Crippen LogP contribution is -2.34. The summed E-state index contributed by atoms with van der Waals surface area (Å²) in [5.41, 5.74) is 4.21. The Labute approximate surface area is 180 Å². The fourth-order valence-electron chi connectivity index (χ4n) is 4.95. The van der Waals surface area contributed by atoms with Gasteiger partial charge in [-0.25, -0.2) is 4.52 Å². The number of rotatable bonds is 4. The second-order valence-electron chi connectivity index (χ2n) is 8.65. The number of methoxy groups -OCH3 is 1. The largest absolute Gasteiger partial charge is 0.378 e. The summed E-state index contributed by atoms with van der Waals surface area (Å²) in [7, 11) is 1.65. The van der Waals surface area contributed by atoms with Crippen LogP contribution in [0.3, 0.4) is 0 Å². The molecule has 0 radical (unpaired) electrons. The zero-order chi connectivity index (χ0) is 21.5. The van der Waals surface area contributed by atoms with Crippen molar-refractivity contribution in [1.82, 2.24) is 24.4 Å². The van der Waals surface area contributed by atoms with Gasteiger partial charge < -0.3 is 9.30 Å². The maximum Gasteiger partial charge on any atom is 0.280 e. The highest BCUT2D eigenvalue weighted by atomic mass is 16.5. The molecule has 0 saturated heterocycles. The predicted octanol–water partition coefficient (Wildman–Crippen LogP) is 4.25. The molecule has 1 saturated carbocycles. The second kappa shape index (κ2) is 7.89. The number of hydrogen-bond acceptors (Lipinski definition) is 5. The number of fused-ring (bicyclic) bond motifs is 3. The molecule has 7 heteroatoms. The van der Waals surface area contributed by atoms with E-state index in [1.165, 1.54) is 6.42 Å². The van der Waals surface area contributed by atoms with Gasteiger partial charge in [-0.05, 0) is 29.9 Å². The van der Waals surface area contributed by atoms with Crippen LogP contribution >= 0.6 is 0 Å². The molecule has 0 unspecified atom stereocenters. The lowest BCUT2D eigenvalue weighted by Gasteiger charge is -2.35. The summed E-state index contributed by atoms with van der Waals surface area (Å²) in [5.74, 6) is 1.05. The molecule has 1 aliphatic rings. The van der Waals surface area contributed by atoms with E-state index in [4.69, 9.17) is 9.84 Å². The zero-order valence-corrected chi connectivity index (χ0v) is 18.2. The van der Waals surface area contributed by atoms with Crippen molar-refractivity contribution in [3.05, 3.63) is 58.6 Å². The lowest BCUT2D eigenvalue weighted by molar-refractivity contribution is 0.181. The van der Waals surface area contributed by atoms with Crippen molar-refractivity contribution in [3.8, 4) is 11.1 Å². The van der Waals surface area contributed by atoms with Crippen LogP contribution < -0.4 is 5.56 Å². The smallest absolute Gasteiger partial charge is 0.280 e. The molecule has 0 N–H and O–H groups in total. The fraction of sp³-hybridized carbons (Fsp3) is 0.417.